The van der Waals surface area contributed by atoms with Crippen LogP contribution in [0.15, 0.2) is 64.2 Å². The number of aliphatic imine (C=N–C) groups is 1. The molecule has 8 heteroatoms. The van der Waals surface area contributed by atoms with Crippen LogP contribution in [-0.4, -0.2) is 40.2 Å². The normalized spacial score (nSPS) is 17.4. The quantitative estimate of drug-likeness (QED) is 0.371. The number of ether oxygens (including phenoxy) is 2. The van der Waals surface area contributed by atoms with Gasteiger partial charge in [-0.05, 0) is 65.9 Å². The van der Waals surface area contributed by atoms with Crippen LogP contribution < -0.4 is 9.47 Å². The third kappa shape index (κ3) is 5.22. The van der Waals surface area contributed by atoms with E-state index in [-0.39, 0.29) is 11.4 Å². The van der Waals surface area contributed by atoms with Crippen molar-refractivity contribution in [3.8, 4) is 11.5 Å². The molecular formula is C26H28N4O3S. The van der Waals surface area contributed by atoms with E-state index in [4.69, 9.17) is 14.9 Å². The Morgan fingerprint density at radius 1 is 1.09 bits per heavy atom. The van der Waals surface area contributed by atoms with Gasteiger partial charge in [0.15, 0.2) is 5.84 Å². The molecule has 0 saturated heterocycles. The van der Waals surface area contributed by atoms with E-state index in [0.29, 0.717) is 30.0 Å². The first-order chi connectivity index (χ1) is 16.5. The van der Waals surface area contributed by atoms with Gasteiger partial charge in [-0.15, -0.1) is 0 Å². The van der Waals surface area contributed by atoms with E-state index in [2.05, 4.69) is 30.0 Å². The molecule has 0 bridgehead atoms. The van der Waals surface area contributed by atoms with E-state index in [1.54, 1.807) is 6.08 Å². The van der Waals surface area contributed by atoms with Crippen LogP contribution in [0.1, 0.15) is 50.7 Å². The predicted octanol–water partition coefficient (Wildman–Crippen LogP) is 5.69. The molecule has 1 N–H and O–H groups in total. The topological polar surface area (TPSA) is 87.3 Å². The Balaban J connectivity index is 1.34. The molecule has 4 rings (SSSR count). The maximum absolute atomic E-state index is 12.5. The maximum atomic E-state index is 12.5. The van der Waals surface area contributed by atoms with Gasteiger partial charge in [0.05, 0.1) is 5.57 Å². The fourth-order valence-electron chi connectivity index (χ4n) is 3.55. The minimum absolute atomic E-state index is 0.0427. The van der Waals surface area contributed by atoms with Gasteiger partial charge in [0, 0.05) is 0 Å². The van der Waals surface area contributed by atoms with Crippen molar-refractivity contribution >= 4 is 39.8 Å². The highest BCUT2D eigenvalue weighted by molar-refractivity contribution is 8.26. The number of nitrogens with one attached hydrogen (secondary N) is 1. The van der Waals surface area contributed by atoms with Gasteiger partial charge >= 0.3 is 0 Å². The van der Waals surface area contributed by atoms with Crippen LogP contribution in [0, 0.1) is 5.41 Å². The second kappa shape index (κ2) is 10.7. The van der Waals surface area contributed by atoms with Crippen molar-refractivity contribution < 1.29 is 14.3 Å². The van der Waals surface area contributed by atoms with E-state index in [1.807, 2.05) is 49.4 Å². The molecule has 2 heterocycles. The summed E-state index contributed by atoms with van der Waals surface area (Å²) in [6.45, 7) is 7.21. The third-order valence-electron chi connectivity index (χ3n) is 5.66. The smallest absolute Gasteiger partial charge is 0.283 e. The Morgan fingerprint density at radius 2 is 1.82 bits per heavy atom. The molecule has 0 spiro atoms. The molecule has 2 aromatic rings. The number of carbonyl (C=O) groups is 1. The van der Waals surface area contributed by atoms with Gasteiger partial charge < -0.3 is 9.47 Å². The van der Waals surface area contributed by atoms with Crippen molar-refractivity contribution in [2.75, 3.05) is 13.2 Å². The molecule has 34 heavy (non-hydrogen) atoms. The van der Waals surface area contributed by atoms with E-state index in [0.717, 1.165) is 29.2 Å². The summed E-state index contributed by atoms with van der Waals surface area (Å²) in [7, 11) is 0. The van der Waals surface area contributed by atoms with E-state index in [1.165, 1.54) is 22.3 Å². The molecule has 0 aliphatic carbocycles. The largest absolute Gasteiger partial charge is 0.490 e. The molecule has 0 radical (unpaired) electrons. The average molecular weight is 477 g/mol. The Kier molecular flexibility index (Phi) is 7.47. The van der Waals surface area contributed by atoms with Crippen molar-refractivity contribution in [3.05, 3.63) is 65.2 Å². The minimum atomic E-state index is -0.425. The fraction of sp³-hybridized carbons (Fsp3) is 0.308. The zero-order valence-electron chi connectivity index (χ0n) is 19.6. The molecule has 0 fully saturated rings. The molecule has 0 aromatic heterocycles. The second-order valence-corrected chi connectivity index (χ2v) is 9.02. The lowest BCUT2D eigenvalue weighted by Gasteiger charge is -2.20. The minimum Gasteiger partial charge on any atom is -0.490 e. The number of hydrogen-bond acceptors (Lipinski definition) is 6. The number of nitrogens with zero attached hydrogens (tertiary/aromatic N) is 3. The Labute approximate surface area is 204 Å². The Hall–Kier alpha value is -3.39. The highest BCUT2D eigenvalue weighted by Crippen LogP contribution is 2.30. The summed E-state index contributed by atoms with van der Waals surface area (Å²) in [5.41, 5.74) is 2.21. The molecular weight excluding hydrogens is 448 g/mol. The molecule has 1 atom stereocenters. The van der Waals surface area contributed by atoms with Gasteiger partial charge in [0.25, 0.3) is 5.91 Å². The third-order valence-corrected chi connectivity index (χ3v) is 6.71. The lowest BCUT2D eigenvalue weighted by molar-refractivity contribution is -0.114. The number of para-hydroxylation sites is 1. The number of hydrogen-bond donors (Lipinski definition) is 1. The number of amidine groups is 2. The van der Waals surface area contributed by atoms with Crippen molar-refractivity contribution in [1.82, 2.24) is 5.01 Å². The molecule has 2 aliphatic heterocycles. The summed E-state index contributed by atoms with van der Waals surface area (Å²) in [6, 6.07) is 15.5. The van der Waals surface area contributed by atoms with E-state index >= 15 is 0 Å². The van der Waals surface area contributed by atoms with Gasteiger partial charge in [-0.2, -0.15) is 15.1 Å². The van der Waals surface area contributed by atoms with Crippen molar-refractivity contribution in [2.24, 2.45) is 10.1 Å². The van der Waals surface area contributed by atoms with Crippen LogP contribution in [-0.2, 0) is 4.79 Å². The number of benzene rings is 2. The lowest BCUT2D eigenvalue weighted by Crippen LogP contribution is -2.35. The molecule has 0 unspecified atom stereocenters. The number of hydrazone groups is 1. The van der Waals surface area contributed by atoms with E-state index < -0.39 is 5.91 Å². The molecule has 1 amide bonds. The molecule has 2 aromatic carbocycles. The number of fused-ring (bicyclic) bond motifs is 1. The Bertz CT molecular complexity index is 1170. The predicted molar refractivity (Wildman–Crippen MR) is 138 cm³/mol. The first kappa shape index (κ1) is 23.8. The van der Waals surface area contributed by atoms with Crippen LogP contribution in [0.2, 0.25) is 0 Å². The summed E-state index contributed by atoms with van der Waals surface area (Å²) in [5, 5.41) is 15.5. The van der Waals surface area contributed by atoms with Gasteiger partial charge in [-0.1, -0.05) is 51.1 Å². The second-order valence-electron chi connectivity index (χ2n) is 7.98. The van der Waals surface area contributed by atoms with Crippen LogP contribution in [0.3, 0.4) is 0 Å². The monoisotopic (exact) mass is 476 g/mol. The van der Waals surface area contributed by atoms with E-state index in [9.17, 15) is 4.79 Å². The number of thioether (sulfide) groups is 1. The average Bonchev–Trinajstić information content (AvgIpc) is 3.28. The van der Waals surface area contributed by atoms with Crippen LogP contribution >= 0.6 is 11.8 Å². The standard InChI is InChI=1S/C26H28N4O3S/c1-4-17(3)20-8-6-7-9-22(20)33-15-14-32-19-12-10-18(11-13-19)16-21-24(27)30-26(28-25(21)31)34-23(5-2)29-30/h6-13,16-17,27H,4-5,14-15H2,1-3H3/b21-16-,27-24?/t17-/m1/s1. The van der Waals surface area contributed by atoms with Crippen LogP contribution in [0.5, 0.6) is 11.5 Å². The molecule has 0 saturated carbocycles. The lowest BCUT2D eigenvalue weighted by atomic mass is 9.98. The molecule has 7 nitrogen and oxygen atoms in total. The SMILES string of the molecule is CCC1=NN2C(=N)/C(=C/c3ccc(OCCOc4ccccc4[C@H](C)CC)cc3)C(=O)N=C2S1. The number of amides is 1. The van der Waals surface area contributed by atoms with Gasteiger partial charge in [0.2, 0.25) is 5.17 Å². The number of rotatable bonds is 9. The molecule has 2 aliphatic rings. The van der Waals surface area contributed by atoms with Gasteiger partial charge in [0.1, 0.15) is 29.8 Å². The maximum Gasteiger partial charge on any atom is 0.283 e. The van der Waals surface area contributed by atoms with Crippen LogP contribution in [0.4, 0.5) is 0 Å². The summed E-state index contributed by atoms with van der Waals surface area (Å²) in [5.74, 6) is 1.67. The zero-order chi connectivity index (χ0) is 24.1. The van der Waals surface area contributed by atoms with Gasteiger partial charge in [-0.25, -0.2) is 0 Å². The van der Waals surface area contributed by atoms with Crippen molar-refractivity contribution in [3.63, 3.8) is 0 Å². The van der Waals surface area contributed by atoms with Crippen LogP contribution in [0.25, 0.3) is 6.08 Å². The highest BCUT2D eigenvalue weighted by atomic mass is 32.2. The number of carbonyl (C=O) groups excluding carboxylic acids is 1. The summed E-state index contributed by atoms with van der Waals surface area (Å²) < 4.78 is 11.8. The summed E-state index contributed by atoms with van der Waals surface area (Å²) >= 11 is 1.33. The first-order valence-corrected chi connectivity index (χ1v) is 12.3. The summed E-state index contributed by atoms with van der Waals surface area (Å²) in [4.78, 5) is 16.6. The molecule has 176 valence electrons. The zero-order valence-corrected chi connectivity index (χ0v) is 20.4. The Morgan fingerprint density at radius 3 is 2.56 bits per heavy atom. The first-order valence-electron chi connectivity index (χ1n) is 11.4. The highest BCUT2D eigenvalue weighted by Gasteiger charge is 2.35. The van der Waals surface area contributed by atoms with Gasteiger partial charge in [-0.3, -0.25) is 10.2 Å². The fourth-order valence-corrected chi connectivity index (χ4v) is 4.38. The van der Waals surface area contributed by atoms with Crippen molar-refractivity contribution in [1.29, 1.82) is 5.41 Å². The van der Waals surface area contributed by atoms with Crippen molar-refractivity contribution in [2.45, 2.75) is 39.5 Å². The summed E-state index contributed by atoms with van der Waals surface area (Å²) in [6.07, 6.45) is 3.45.